The van der Waals surface area contributed by atoms with E-state index in [1.807, 2.05) is 23.3 Å². The first-order valence-electron chi connectivity index (χ1n) is 9.24. The molecule has 1 spiro atoms. The van der Waals surface area contributed by atoms with Crippen molar-refractivity contribution < 1.29 is 14.3 Å². The Labute approximate surface area is 148 Å². The second-order valence-electron chi connectivity index (χ2n) is 7.65. The van der Waals surface area contributed by atoms with Gasteiger partial charge >= 0.3 is 0 Å². The van der Waals surface area contributed by atoms with Gasteiger partial charge in [-0.3, -0.25) is 4.79 Å². The Bertz CT molecular complexity index is 587. The zero-order chi connectivity index (χ0) is 16.6. The summed E-state index contributed by atoms with van der Waals surface area (Å²) < 4.78 is 12.3. The van der Waals surface area contributed by atoms with Gasteiger partial charge in [0.05, 0.1) is 16.6 Å². The average molecular weight is 349 g/mol. The van der Waals surface area contributed by atoms with E-state index in [-0.39, 0.29) is 11.5 Å². The molecule has 1 aromatic rings. The van der Waals surface area contributed by atoms with E-state index in [2.05, 4.69) is 0 Å². The van der Waals surface area contributed by atoms with Crippen LogP contribution in [0.25, 0.3) is 0 Å². The number of amides is 1. The lowest BCUT2D eigenvalue weighted by Gasteiger charge is -2.46. The molecule has 24 heavy (non-hydrogen) atoms. The van der Waals surface area contributed by atoms with Crippen molar-refractivity contribution in [3.8, 4) is 0 Å². The number of carbonyl (C=O) groups is 1. The highest BCUT2D eigenvalue weighted by Crippen LogP contribution is 2.38. The lowest BCUT2D eigenvalue weighted by Crippen LogP contribution is -2.52. The van der Waals surface area contributed by atoms with Crippen LogP contribution < -0.4 is 0 Å². The Morgan fingerprint density at radius 2 is 2.17 bits per heavy atom. The van der Waals surface area contributed by atoms with Crippen LogP contribution in [0.2, 0.25) is 0 Å². The smallest absolute Gasteiger partial charge is 0.264 e. The Morgan fingerprint density at radius 1 is 1.38 bits per heavy atom. The summed E-state index contributed by atoms with van der Waals surface area (Å²) in [6, 6.07) is 2.02. The van der Waals surface area contributed by atoms with Crippen LogP contribution in [-0.2, 0) is 9.47 Å². The molecular weight excluding hydrogens is 322 g/mol. The number of hydrogen-bond acceptors (Lipinski definition) is 4. The van der Waals surface area contributed by atoms with Gasteiger partial charge in [-0.05, 0) is 62.0 Å². The summed E-state index contributed by atoms with van der Waals surface area (Å²) in [5.74, 6) is 1.01. The first-order chi connectivity index (χ1) is 11.7. The van der Waals surface area contributed by atoms with Gasteiger partial charge in [-0.2, -0.15) is 0 Å². The van der Waals surface area contributed by atoms with Crippen LogP contribution in [0, 0.1) is 12.8 Å². The molecule has 0 N–H and O–H groups in total. The lowest BCUT2D eigenvalue weighted by molar-refractivity contribution is -0.153. The van der Waals surface area contributed by atoms with Gasteiger partial charge in [-0.1, -0.05) is 0 Å². The normalized spacial score (nSPS) is 26.7. The molecule has 2 saturated heterocycles. The predicted octanol–water partition coefficient (Wildman–Crippen LogP) is 3.64. The number of rotatable bonds is 4. The van der Waals surface area contributed by atoms with E-state index in [4.69, 9.17) is 9.47 Å². The van der Waals surface area contributed by atoms with Crippen molar-refractivity contribution in [3.05, 3.63) is 21.9 Å². The Morgan fingerprint density at radius 3 is 2.83 bits per heavy atom. The molecular formula is C19H27NO3S. The minimum Gasteiger partial charge on any atom is -0.378 e. The van der Waals surface area contributed by atoms with Gasteiger partial charge in [-0.25, -0.2) is 0 Å². The Kier molecular flexibility index (Phi) is 4.67. The number of hydrogen-bond donors (Lipinski definition) is 0. The standard InChI is InChI=1S/C19H27NO3S/c1-14-5-11-24-17(14)18(21)20-8-6-19(7-9-20)12-16(4-10-23-19)22-13-15-2-3-15/h5,11,15-16H,2-4,6-10,12-13H2,1H3. The van der Waals surface area contributed by atoms with Crippen molar-refractivity contribution in [3.63, 3.8) is 0 Å². The zero-order valence-electron chi connectivity index (χ0n) is 14.5. The molecule has 0 aromatic carbocycles. The molecule has 1 amide bonds. The molecule has 4 rings (SSSR count). The summed E-state index contributed by atoms with van der Waals surface area (Å²) in [6.45, 7) is 5.34. The van der Waals surface area contributed by atoms with Crippen molar-refractivity contribution >= 4 is 17.2 Å². The van der Waals surface area contributed by atoms with Crippen LogP contribution in [0.5, 0.6) is 0 Å². The number of nitrogens with zero attached hydrogens (tertiary/aromatic N) is 1. The Hall–Kier alpha value is -0.910. The molecule has 1 saturated carbocycles. The van der Waals surface area contributed by atoms with Crippen LogP contribution in [0.15, 0.2) is 11.4 Å². The summed E-state index contributed by atoms with van der Waals surface area (Å²) in [7, 11) is 0. The Balaban J connectivity index is 1.32. The molecule has 4 nitrogen and oxygen atoms in total. The molecule has 1 unspecified atom stereocenters. The second kappa shape index (κ2) is 6.77. The first-order valence-corrected chi connectivity index (χ1v) is 10.1. The third-order valence-electron chi connectivity index (χ3n) is 5.73. The number of ether oxygens (including phenoxy) is 2. The third kappa shape index (κ3) is 3.53. The fourth-order valence-electron chi connectivity index (χ4n) is 3.88. The molecule has 1 aliphatic carbocycles. The molecule has 5 heteroatoms. The number of aryl methyl sites for hydroxylation is 1. The largest absolute Gasteiger partial charge is 0.378 e. The molecule has 3 heterocycles. The van der Waals surface area contributed by atoms with Gasteiger partial charge in [0, 0.05) is 32.7 Å². The van der Waals surface area contributed by atoms with Gasteiger partial charge in [-0.15, -0.1) is 11.3 Å². The summed E-state index contributed by atoms with van der Waals surface area (Å²) in [4.78, 5) is 15.6. The minimum atomic E-state index is -0.0618. The van der Waals surface area contributed by atoms with E-state index in [0.29, 0.717) is 6.10 Å². The molecule has 0 radical (unpaired) electrons. The molecule has 132 valence electrons. The molecule has 1 atom stereocenters. The SMILES string of the molecule is Cc1ccsc1C(=O)N1CCC2(CC1)CC(OCC1CC1)CCO2. The summed E-state index contributed by atoms with van der Waals surface area (Å²) in [5, 5.41) is 2.00. The third-order valence-corrected chi connectivity index (χ3v) is 6.73. The lowest BCUT2D eigenvalue weighted by atomic mass is 9.83. The van der Waals surface area contributed by atoms with Crippen molar-refractivity contribution in [1.82, 2.24) is 4.90 Å². The average Bonchev–Trinajstić information content (AvgIpc) is 3.33. The van der Waals surface area contributed by atoms with Crippen LogP contribution in [-0.4, -0.2) is 48.8 Å². The minimum absolute atomic E-state index is 0.0618. The number of likely N-dealkylation sites (tertiary alicyclic amines) is 1. The van der Waals surface area contributed by atoms with Crippen molar-refractivity contribution in [1.29, 1.82) is 0 Å². The highest BCUT2D eigenvalue weighted by Gasteiger charge is 2.42. The summed E-state index contributed by atoms with van der Waals surface area (Å²) in [6.07, 6.45) is 6.92. The quantitative estimate of drug-likeness (QED) is 0.833. The number of carbonyl (C=O) groups excluding carboxylic acids is 1. The van der Waals surface area contributed by atoms with Gasteiger partial charge < -0.3 is 14.4 Å². The van der Waals surface area contributed by atoms with Gasteiger partial charge in [0.1, 0.15) is 0 Å². The summed E-state index contributed by atoms with van der Waals surface area (Å²) in [5.41, 5.74) is 1.03. The fourth-order valence-corrected chi connectivity index (χ4v) is 4.78. The molecule has 1 aromatic heterocycles. The van der Waals surface area contributed by atoms with Gasteiger partial charge in [0.25, 0.3) is 5.91 Å². The maximum Gasteiger partial charge on any atom is 0.264 e. The van der Waals surface area contributed by atoms with Crippen molar-refractivity contribution in [2.45, 2.75) is 57.2 Å². The van der Waals surface area contributed by atoms with Crippen LogP contribution >= 0.6 is 11.3 Å². The first kappa shape index (κ1) is 16.6. The molecule has 3 fully saturated rings. The van der Waals surface area contributed by atoms with Gasteiger partial charge in [0.15, 0.2) is 0 Å². The maximum atomic E-state index is 12.7. The van der Waals surface area contributed by atoms with E-state index in [0.717, 1.165) is 68.3 Å². The van der Waals surface area contributed by atoms with E-state index >= 15 is 0 Å². The topological polar surface area (TPSA) is 38.8 Å². The van der Waals surface area contributed by atoms with Crippen molar-refractivity contribution in [2.24, 2.45) is 5.92 Å². The number of piperidine rings is 1. The monoisotopic (exact) mass is 349 g/mol. The van der Waals surface area contributed by atoms with Crippen molar-refractivity contribution in [2.75, 3.05) is 26.3 Å². The van der Waals surface area contributed by atoms with Crippen LogP contribution in [0.3, 0.4) is 0 Å². The molecule has 0 bridgehead atoms. The van der Waals surface area contributed by atoms with E-state index in [1.165, 1.54) is 12.8 Å². The van der Waals surface area contributed by atoms with E-state index < -0.39 is 0 Å². The highest BCUT2D eigenvalue weighted by molar-refractivity contribution is 7.12. The molecule has 3 aliphatic rings. The predicted molar refractivity (Wildman–Crippen MR) is 94.6 cm³/mol. The highest BCUT2D eigenvalue weighted by atomic mass is 32.1. The fraction of sp³-hybridized carbons (Fsp3) is 0.737. The second-order valence-corrected chi connectivity index (χ2v) is 8.56. The van der Waals surface area contributed by atoms with Crippen LogP contribution in [0.1, 0.15) is 53.8 Å². The maximum absolute atomic E-state index is 12.7. The van der Waals surface area contributed by atoms with E-state index in [1.54, 1.807) is 11.3 Å². The van der Waals surface area contributed by atoms with E-state index in [9.17, 15) is 4.79 Å². The number of thiophene rings is 1. The van der Waals surface area contributed by atoms with Gasteiger partial charge in [0.2, 0.25) is 0 Å². The summed E-state index contributed by atoms with van der Waals surface area (Å²) >= 11 is 1.55. The van der Waals surface area contributed by atoms with Crippen LogP contribution in [0.4, 0.5) is 0 Å². The molecule has 2 aliphatic heterocycles. The zero-order valence-corrected chi connectivity index (χ0v) is 15.3.